The van der Waals surface area contributed by atoms with E-state index >= 15 is 0 Å². The Labute approximate surface area is 87.1 Å². The molecular formula is C10H10N4O. The van der Waals surface area contributed by atoms with Crippen LogP contribution in [0.25, 0.3) is 0 Å². The van der Waals surface area contributed by atoms with E-state index in [4.69, 9.17) is 5.26 Å². The Morgan fingerprint density at radius 3 is 2.87 bits per heavy atom. The molecule has 1 heterocycles. The van der Waals surface area contributed by atoms with Crippen molar-refractivity contribution in [1.29, 1.82) is 5.26 Å². The van der Waals surface area contributed by atoms with Crippen molar-refractivity contribution < 1.29 is 4.79 Å². The van der Waals surface area contributed by atoms with Gasteiger partial charge in [0.25, 0.3) is 0 Å². The minimum Gasteiger partial charge on any atom is -0.308 e. The number of hydrogen-bond donors (Lipinski definition) is 1. The van der Waals surface area contributed by atoms with Crippen LogP contribution >= 0.6 is 0 Å². The van der Waals surface area contributed by atoms with Crippen LogP contribution in [0, 0.1) is 16.7 Å². The quantitative estimate of drug-likeness (QED) is 0.779. The lowest BCUT2D eigenvalue weighted by atomic mass is 9.69. The molecule has 76 valence electrons. The first kappa shape index (κ1) is 9.59. The van der Waals surface area contributed by atoms with E-state index in [0.717, 1.165) is 6.42 Å². The average molecular weight is 202 g/mol. The highest BCUT2D eigenvalue weighted by Gasteiger charge is 2.44. The lowest BCUT2D eigenvalue weighted by molar-refractivity contribution is -0.126. The highest BCUT2D eigenvalue weighted by atomic mass is 16.2. The zero-order chi connectivity index (χ0) is 10.7. The van der Waals surface area contributed by atoms with E-state index in [9.17, 15) is 4.79 Å². The van der Waals surface area contributed by atoms with E-state index in [1.54, 1.807) is 12.1 Å². The van der Waals surface area contributed by atoms with Crippen molar-refractivity contribution in [3.05, 3.63) is 18.3 Å². The number of aromatic nitrogens is 2. The minimum absolute atomic E-state index is 0.267. The van der Waals surface area contributed by atoms with Gasteiger partial charge in [-0.2, -0.15) is 10.4 Å². The number of rotatable bonds is 2. The molecule has 1 aliphatic carbocycles. The SMILES string of the molecule is N#CC1(C(=O)Nc2cccnn2)CCC1. The van der Waals surface area contributed by atoms with Crippen LogP contribution in [0.2, 0.25) is 0 Å². The van der Waals surface area contributed by atoms with Crippen molar-refractivity contribution in [3.8, 4) is 6.07 Å². The summed E-state index contributed by atoms with van der Waals surface area (Å²) in [5, 5.41) is 18.9. The third-order valence-electron chi connectivity index (χ3n) is 2.67. The fourth-order valence-corrected chi connectivity index (χ4v) is 1.52. The van der Waals surface area contributed by atoms with Gasteiger partial charge in [-0.1, -0.05) is 0 Å². The second kappa shape index (κ2) is 3.65. The molecule has 1 aliphatic rings. The first-order chi connectivity index (χ1) is 7.27. The fourth-order valence-electron chi connectivity index (χ4n) is 1.52. The third-order valence-corrected chi connectivity index (χ3v) is 2.67. The fraction of sp³-hybridized carbons (Fsp3) is 0.400. The molecule has 0 aliphatic heterocycles. The van der Waals surface area contributed by atoms with Gasteiger partial charge < -0.3 is 5.32 Å². The van der Waals surface area contributed by atoms with Gasteiger partial charge in [0.05, 0.1) is 6.07 Å². The molecule has 1 saturated carbocycles. The largest absolute Gasteiger partial charge is 0.308 e. The number of carbonyl (C=O) groups excluding carboxylic acids is 1. The molecule has 0 unspecified atom stereocenters. The van der Waals surface area contributed by atoms with Gasteiger partial charge >= 0.3 is 0 Å². The molecule has 5 heteroatoms. The summed E-state index contributed by atoms with van der Waals surface area (Å²) in [6, 6.07) is 5.41. The number of hydrogen-bond acceptors (Lipinski definition) is 4. The van der Waals surface area contributed by atoms with Gasteiger partial charge in [-0.25, -0.2) is 0 Å². The van der Waals surface area contributed by atoms with Gasteiger partial charge in [0.15, 0.2) is 5.82 Å². The van der Waals surface area contributed by atoms with E-state index in [-0.39, 0.29) is 5.91 Å². The molecule has 1 amide bonds. The number of nitrogens with zero attached hydrogens (tertiary/aromatic N) is 3. The summed E-state index contributed by atoms with van der Waals surface area (Å²) in [7, 11) is 0. The number of amides is 1. The first-order valence-corrected chi connectivity index (χ1v) is 4.77. The highest BCUT2D eigenvalue weighted by molar-refractivity contribution is 5.97. The van der Waals surface area contributed by atoms with E-state index in [2.05, 4.69) is 21.6 Å². The van der Waals surface area contributed by atoms with Crippen LogP contribution in [-0.2, 0) is 4.79 Å². The van der Waals surface area contributed by atoms with Crippen LogP contribution in [0.15, 0.2) is 18.3 Å². The van der Waals surface area contributed by atoms with Gasteiger partial charge in [-0.15, -0.1) is 5.10 Å². The summed E-state index contributed by atoms with van der Waals surface area (Å²) in [6.45, 7) is 0. The number of nitrogens with one attached hydrogen (secondary N) is 1. The van der Waals surface area contributed by atoms with Gasteiger partial charge in [-0.05, 0) is 31.4 Å². The van der Waals surface area contributed by atoms with Crippen molar-refractivity contribution >= 4 is 11.7 Å². The second-order valence-corrected chi connectivity index (χ2v) is 3.61. The molecule has 1 fully saturated rings. The zero-order valence-corrected chi connectivity index (χ0v) is 8.10. The summed E-state index contributed by atoms with van der Waals surface area (Å²) in [4.78, 5) is 11.7. The first-order valence-electron chi connectivity index (χ1n) is 4.77. The van der Waals surface area contributed by atoms with Gasteiger partial charge in [0.2, 0.25) is 5.91 Å². The van der Waals surface area contributed by atoms with Crippen molar-refractivity contribution in [1.82, 2.24) is 10.2 Å². The summed E-state index contributed by atoms with van der Waals surface area (Å²) in [5.74, 6) is 0.126. The maximum absolute atomic E-state index is 11.7. The van der Waals surface area contributed by atoms with Crippen LogP contribution in [0.3, 0.4) is 0 Å². The molecule has 0 radical (unpaired) electrons. The Bertz CT molecular complexity index is 405. The van der Waals surface area contributed by atoms with Crippen molar-refractivity contribution in [2.75, 3.05) is 5.32 Å². The van der Waals surface area contributed by atoms with E-state index in [0.29, 0.717) is 18.7 Å². The number of anilines is 1. The summed E-state index contributed by atoms with van der Waals surface area (Å²) >= 11 is 0. The van der Waals surface area contributed by atoms with Crippen LogP contribution in [-0.4, -0.2) is 16.1 Å². The topological polar surface area (TPSA) is 78.7 Å². The summed E-state index contributed by atoms with van der Waals surface area (Å²) in [5.41, 5.74) is -0.836. The van der Waals surface area contributed by atoms with E-state index in [1.807, 2.05) is 0 Å². The Morgan fingerprint density at radius 2 is 2.40 bits per heavy atom. The second-order valence-electron chi connectivity index (χ2n) is 3.61. The van der Waals surface area contributed by atoms with Crippen LogP contribution in [0.5, 0.6) is 0 Å². The smallest absolute Gasteiger partial charge is 0.246 e. The average Bonchev–Trinajstić information content (AvgIpc) is 2.18. The normalized spacial score (nSPS) is 17.3. The predicted molar refractivity (Wildman–Crippen MR) is 52.6 cm³/mol. The highest BCUT2D eigenvalue weighted by Crippen LogP contribution is 2.40. The Hall–Kier alpha value is -1.96. The Kier molecular flexibility index (Phi) is 2.34. The zero-order valence-electron chi connectivity index (χ0n) is 8.10. The molecule has 0 spiro atoms. The standard InChI is InChI=1S/C10H10N4O/c11-7-10(4-2-5-10)9(15)13-8-3-1-6-12-14-8/h1,3,6H,2,4-5H2,(H,13,14,15). The number of nitriles is 1. The van der Waals surface area contributed by atoms with Crippen LogP contribution in [0.1, 0.15) is 19.3 Å². The van der Waals surface area contributed by atoms with Gasteiger partial charge in [0, 0.05) is 6.20 Å². The molecule has 15 heavy (non-hydrogen) atoms. The maximum Gasteiger partial charge on any atom is 0.246 e. The lowest BCUT2D eigenvalue weighted by Crippen LogP contribution is -2.40. The molecule has 1 N–H and O–H groups in total. The molecule has 0 bridgehead atoms. The van der Waals surface area contributed by atoms with E-state index in [1.165, 1.54) is 6.20 Å². The summed E-state index contributed by atoms with van der Waals surface area (Å²) < 4.78 is 0. The molecular weight excluding hydrogens is 192 g/mol. The molecule has 1 aromatic heterocycles. The van der Waals surface area contributed by atoms with Crippen molar-refractivity contribution in [2.24, 2.45) is 5.41 Å². The van der Waals surface area contributed by atoms with E-state index < -0.39 is 5.41 Å². The summed E-state index contributed by atoms with van der Waals surface area (Å²) in [6.07, 6.45) is 3.73. The predicted octanol–water partition coefficient (Wildman–Crippen LogP) is 1.11. The van der Waals surface area contributed by atoms with Crippen molar-refractivity contribution in [3.63, 3.8) is 0 Å². The minimum atomic E-state index is -0.836. The van der Waals surface area contributed by atoms with Crippen molar-refractivity contribution in [2.45, 2.75) is 19.3 Å². The molecule has 1 aromatic rings. The molecule has 0 saturated heterocycles. The molecule has 5 nitrogen and oxygen atoms in total. The molecule has 0 aromatic carbocycles. The van der Waals surface area contributed by atoms with Gasteiger partial charge in [-0.3, -0.25) is 4.79 Å². The third kappa shape index (κ3) is 1.66. The molecule has 0 atom stereocenters. The Morgan fingerprint density at radius 1 is 1.60 bits per heavy atom. The maximum atomic E-state index is 11.7. The molecule has 2 rings (SSSR count). The monoisotopic (exact) mass is 202 g/mol. The van der Waals surface area contributed by atoms with Gasteiger partial charge in [0.1, 0.15) is 5.41 Å². The van der Waals surface area contributed by atoms with Crippen LogP contribution in [0.4, 0.5) is 5.82 Å². The lowest BCUT2D eigenvalue weighted by Gasteiger charge is -2.32. The Balaban J connectivity index is 2.08. The van der Waals surface area contributed by atoms with Crippen LogP contribution < -0.4 is 5.32 Å². The number of carbonyl (C=O) groups is 1.